The fourth-order valence-electron chi connectivity index (χ4n) is 4.25. The molecule has 1 amide bonds. The van der Waals surface area contributed by atoms with Gasteiger partial charge in [0.25, 0.3) is 0 Å². The lowest BCUT2D eigenvalue weighted by molar-refractivity contribution is -0.138. The second kappa shape index (κ2) is 9.26. The van der Waals surface area contributed by atoms with E-state index in [2.05, 4.69) is 12.2 Å². The molecule has 4 rings (SSSR count). The predicted molar refractivity (Wildman–Crippen MR) is 120 cm³/mol. The van der Waals surface area contributed by atoms with Gasteiger partial charge >= 0.3 is 5.97 Å². The Morgan fingerprint density at radius 2 is 1.81 bits per heavy atom. The third kappa shape index (κ3) is 4.23. The second-order valence-electron chi connectivity index (χ2n) is 7.84. The van der Waals surface area contributed by atoms with Gasteiger partial charge in [0.15, 0.2) is 11.5 Å². The summed E-state index contributed by atoms with van der Waals surface area (Å²) in [6.07, 6.45) is 5.59. The molecule has 7 heteroatoms. The van der Waals surface area contributed by atoms with E-state index in [1.807, 2.05) is 25.1 Å². The summed E-state index contributed by atoms with van der Waals surface area (Å²) in [5, 5.41) is 15.4. The van der Waals surface area contributed by atoms with Crippen molar-refractivity contribution in [2.24, 2.45) is 16.9 Å². The molecule has 0 bridgehead atoms. The summed E-state index contributed by atoms with van der Waals surface area (Å²) < 4.78 is 11.2. The van der Waals surface area contributed by atoms with Crippen molar-refractivity contribution in [3.05, 3.63) is 71.3 Å². The first-order valence-electron chi connectivity index (χ1n) is 10.7. The molecule has 0 saturated carbocycles. The molecule has 0 fully saturated rings. The van der Waals surface area contributed by atoms with Crippen molar-refractivity contribution >= 4 is 17.6 Å². The van der Waals surface area contributed by atoms with E-state index in [4.69, 9.17) is 19.7 Å². The number of nitrogens with zero attached hydrogens (tertiary/aromatic N) is 2. The maximum Gasteiger partial charge on any atom is 0.335 e. The van der Waals surface area contributed by atoms with Gasteiger partial charge in [-0.2, -0.15) is 5.10 Å². The summed E-state index contributed by atoms with van der Waals surface area (Å²) in [4.78, 5) is 24.4. The Morgan fingerprint density at radius 1 is 1.09 bits per heavy atom. The van der Waals surface area contributed by atoms with Gasteiger partial charge in [-0.25, -0.2) is 9.80 Å². The van der Waals surface area contributed by atoms with Crippen LogP contribution in [0.5, 0.6) is 11.5 Å². The predicted octanol–water partition coefficient (Wildman–Crippen LogP) is 4.12. The molecule has 0 spiro atoms. The number of methoxy groups -OCH3 is 1. The van der Waals surface area contributed by atoms with Gasteiger partial charge in [0.05, 0.1) is 37.5 Å². The van der Waals surface area contributed by atoms with Gasteiger partial charge in [0.1, 0.15) is 0 Å². The van der Waals surface area contributed by atoms with Crippen molar-refractivity contribution in [1.29, 1.82) is 0 Å². The number of fused-ring (bicyclic) bond motifs is 1. The zero-order valence-electron chi connectivity index (χ0n) is 18.2. The van der Waals surface area contributed by atoms with Gasteiger partial charge in [-0.3, -0.25) is 4.79 Å². The number of carbonyl (C=O) groups is 2. The zero-order chi connectivity index (χ0) is 22.7. The van der Waals surface area contributed by atoms with Gasteiger partial charge < -0.3 is 14.6 Å². The SMILES string of the molecule is CCOc1cc(C2=NN(Cc3ccc(C(=O)O)cc3)C(=O)[C@@H]3CC=CC[C@H]23)ccc1OC. The fourth-order valence-corrected chi connectivity index (χ4v) is 4.25. The van der Waals surface area contributed by atoms with Crippen LogP contribution in [-0.2, 0) is 11.3 Å². The quantitative estimate of drug-likeness (QED) is 0.662. The lowest BCUT2D eigenvalue weighted by Crippen LogP contribution is -2.45. The number of allylic oxidation sites excluding steroid dienone is 2. The van der Waals surface area contributed by atoms with E-state index in [0.717, 1.165) is 23.3 Å². The van der Waals surface area contributed by atoms with Crippen LogP contribution < -0.4 is 9.47 Å². The molecule has 1 heterocycles. The molecule has 1 aliphatic heterocycles. The number of amides is 1. The summed E-state index contributed by atoms with van der Waals surface area (Å²) in [5.41, 5.74) is 2.78. The summed E-state index contributed by atoms with van der Waals surface area (Å²) in [6.45, 7) is 2.71. The monoisotopic (exact) mass is 434 g/mol. The van der Waals surface area contributed by atoms with E-state index >= 15 is 0 Å². The van der Waals surface area contributed by atoms with E-state index in [9.17, 15) is 9.59 Å². The lowest BCUT2D eigenvalue weighted by Gasteiger charge is -2.37. The van der Waals surface area contributed by atoms with E-state index in [-0.39, 0.29) is 29.9 Å². The van der Waals surface area contributed by atoms with Crippen molar-refractivity contribution in [2.45, 2.75) is 26.3 Å². The largest absolute Gasteiger partial charge is 0.493 e. The fraction of sp³-hybridized carbons (Fsp3) is 0.320. The highest BCUT2D eigenvalue weighted by Crippen LogP contribution is 2.37. The molecule has 2 aliphatic rings. The number of ether oxygens (including phenoxy) is 2. The standard InChI is InChI=1S/C25H26N2O5/c1-3-32-22-14-18(12-13-21(22)31-2)23-19-6-4-5-7-20(19)24(28)27(26-23)15-16-8-10-17(11-9-16)25(29)30/h4-5,8-14,19-20H,3,6-7,15H2,1-2H3,(H,29,30)/t19-,20+/m0/s1. The van der Waals surface area contributed by atoms with Crippen molar-refractivity contribution in [3.8, 4) is 11.5 Å². The third-order valence-electron chi connectivity index (χ3n) is 5.88. The van der Waals surface area contributed by atoms with Crippen LogP contribution in [0.2, 0.25) is 0 Å². The topological polar surface area (TPSA) is 88.4 Å². The Morgan fingerprint density at radius 3 is 2.47 bits per heavy atom. The van der Waals surface area contributed by atoms with E-state index < -0.39 is 5.97 Å². The van der Waals surface area contributed by atoms with Gasteiger partial charge in [-0.1, -0.05) is 24.3 Å². The Labute approximate surface area is 187 Å². The Kier molecular flexibility index (Phi) is 6.25. The van der Waals surface area contributed by atoms with Gasteiger partial charge in [0.2, 0.25) is 5.91 Å². The number of aromatic carboxylic acids is 1. The first kappa shape index (κ1) is 21.6. The first-order chi connectivity index (χ1) is 15.5. The molecule has 0 saturated heterocycles. The molecule has 2 aromatic carbocycles. The molecule has 0 aromatic heterocycles. The molecule has 32 heavy (non-hydrogen) atoms. The number of carboxylic acids is 1. The molecule has 1 aliphatic carbocycles. The van der Waals surface area contributed by atoms with Gasteiger partial charge in [-0.15, -0.1) is 0 Å². The number of hydrogen-bond acceptors (Lipinski definition) is 5. The Bertz CT molecular complexity index is 1070. The maximum absolute atomic E-state index is 13.2. The number of hydrogen-bond donors (Lipinski definition) is 1. The van der Waals surface area contributed by atoms with Crippen LogP contribution in [0.3, 0.4) is 0 Å². The summed E-state index contributed by atoms with van der Waals surface area (Å²) >= 11 is 0. The van der Waals surface area contributed by atoms with Crippen LogP contribution in [0, 0.1) is 11.8 Å². The number of benzene rings is 2. The van der Waals surface area contributed by atoms with E-state index in [0.29, 0.717) is 24.5 Å². The van der Waals surface area contributed by atoms with Crippen molar-refractivity contribution in [1.82, 2.24) is 5.01 Å². The Hall–Kier alpha value is -3.61. The highest BCUT2D eigenvalue weighted by atomic mass is 16.5. The molecular formula is C25H26N2O5. The van der Waals surface area contributed by atoms with Crippen LogP contribution in [0.1, 0.15) is 41.3 Å². The van der Waals surface area contributed by atoms with Crippen LogP contribution in [0.4, 0.5) is 0 Å². The molecule has 0 unspecified atom stereocenters. The molecule has 2 aromatic rings. The summed E-state index contributed by atoms with van der Waals surface area (Å²) in [5.74, 6) is 0.130. The average Bonchev–Trinajstić information content (AvgIpc) is 2.81. The zero-order valence-corrected chi connectivity index (χ0v) is 18.2. The molecular weight excluding hydrogens is 408 g/mol. The normalized spacial score (nSPS) is 19.9. The van der Waals surface area contributed by atoms with Crippen LogP contribution in [0.25, 0.3) is 0 Å². The maximum atomic E-state index is 13.2. The number of carbonyl (C=O) groups excluding carboxylic acids is 1. The highest BCUT2D eigenvalue weighted by Gasteiger charge is 2.40. The molecule has 0 radical (unpaired) electrons. The molecule has 7 nitrogen and oxygen atoms in total. The van der Waals surface area contributed by atoms with Crippen molar-refractivity contribution in [3.63, 3.8) is 0 Å². The van der Waals surface area contributed by atoms with Crippen LogP contribution in [-0.4, -0.2) is 41.4 Å². The lowest BCUT2D eigenvalue weighted by atomic mass is 9.76. The molecule has 166 valence electrons. The minimum absolute atomic E-state index is 0.000933. The van der Waals surface area contributed by atoms with Crippen LogP contribution in [0.15, 0.2) is 59.7 Å². The van der Waals surface area contributed by atoms with Gasteiger partial charge in [-0.05, 0) is 55.7 Å². The highest BCUT2D eigenvalue weighted by molar-refractivity contribution is 6.07. The van der Waals surface area contributed by atoms with Gasteiger partial charge in [0, 0.05) is 11.5 Å². The summed E-state index contributed by atoms with van der Waals surface area (Å²) in [6, 6.07) is 12.3. The van der Waals surface area contributed by atoms with Crippen LogP contribution >= 0.6 is 0 Å². The first-order valence-corrected chi connectivity index (χ1v) is 10.7. The second-order valence-corrected chi connectivity index (χ2v) is 7.84. The third-order valence-corrected chi connectivity index (χ3v) is 5.88. The van der Waals surface area contributed by atoms with E-state index in [1.54, 1.807) is 31.4 Å². The minimum atomic E-state index is -0.979. The number of rotatable bonds is 7. The Balaban J connectivity index is 1.70. The smallest absolute Gasteiger partial charge is 0.335 e. The van der Waals surface area contributed by atoms with Crippen molar-refractivity contribution in [2.75, 3.05) is 13.7 Å². The average molecular weight is 434 g/mol. The number of carboxylic acid groups (broad SMARTS) is 1. The minimum Gasteiger partial charge on any atom is -0.493 e. The molecule has 1 N–H and O–H groups in total. The molecule has 2 atom stereocenters. The number of hydrazone groups is 1. The summed E-state index contributed by atoms with van der Waals surface area (Å²) in [7, 11) is 1.60. The van der Waals surface area contributed by atoms with E-state index in [1.165, 1.54) is 5.01 Å². The van der Waals surface area contributed by atoms with Crippen molar-refractivity contribution < 1.29 is 24.2 Å².